The summed E-state index contributed by atoms with van der Waals surface area (Å²) >= 11 is 1.54. The second-order valence-corrected chi connectivity index (χ2v) is 5.92. The average Bonchev–Trinajstić information content (AvgIpc) is 2.35. The maximum atomic E-state index is 11.7. The topological polar surface area (TPSA) is 55.4 Å². The molecule has 1 amide bonds. The summed E-state index contributed by atoms with van der Waals surface area (Å²) in [6, 6.07) is 7.48. The number of hydrogen-bond donors (Lipinski definition) is 1. The number of amides is 1. The summed E-state index contributed by atoms with van der Waals surface area (Å²) in [5.41, 5.74) is 0.129. The molecule has 0 saturated carbocycles. The Balaban J connectivity index is 2.54. The van der Waals surface area contributed by atoms with Crippen molar-refractivity contribution in [2.75, 3.05) is 18.2 Å². The molecule has 19 heavy (non-hydrogen) atoms. The van der Waals surface area contributed by atoms with Crippen molar-refractivity contribution in [3.05, 3.63) is 24.3 Å². The van der Waals surface area contributed by atoms with E-state index in [0.29, 0.717) is 0 Å². The summed E-state index contributed by atoms with van der Waals surface area (Å²) in [6.07, 6.45) is 1.94. The highest BCUT2D eigenvalue weighted by molar-refractivity contribution is 7.98. The third kappa shape index (κ3) is 4.95. The monoisotopic (exact) mass is 281 g/mol. The van der Waals surface area contributed by atoms with Crippen LogP contribution in [0, 0.1) is 5.41 Å². The van der Waals surface area contributed by atoms with Gasteiger partial charge in [-0.1, -0.05) is 12.1 Å². The van der Waals surface area contributed by atoms with Crippen LogP contribution in [-0.2, 0) is 14.3 Å². The van der Waals surface area contributed by atoms with Gasteiger partial charge in [0.25, 0.3) is 5.91 Å². The van der Waals surface area contributed by atoms with Crippen LogP contribution in [0.2, 0.25) is 0 Å². The van der Waals surface area contributed by atoms with Crippen LogP contribution < -0.4 is 5.32 Å². The molecule has 0 radical (unpaired) electrons. The van der Waals surface area contributed by atoms with Crippen LogP contribution in [0.1, 0.15) is 20.8 Å². The molecule has 4 nitrogen and oxygen atoms in total. The van der Waals surface area contributed by atoms with Gasteiger partial charge in [-0.2, -0.15) is 0 Å². The van der Waals surface area contributed by atoms with Crippen LogP contribution in [0.3, 0.4) is 0 Å². The van der Waals surface area contributed by atoms with Crippen LogP contribution >= 0.6 is 11.8 Å². The van der Waals surface area contributed by atoms with Gasteiger partial charge in [0, 0.05) is 4.90 Å². The zero-order chi connectivity index (χ0) is 14.5. The highest BCUT2D eigenvalue weighted by Crippen LogP contribution is 2.24. The Morgan fingerprint density at radius 3 is 2.47 bits per heavy atom. The molecule has 0 saturated heterocycles. The molecule has 0 aromatic heterocycles. The van der Waals surface area contributed by atoms with Crippen LogP contribution in [0.5, 0.6) is 0 Å². The summed E-state index contributed by atoms with van der Waals surface area (Å²) < 4.78 is 4.96. The molecule has 0 aliphatic carbocycles. The van der Waals surface area contributed by atoms with E-state index in [0.717, 1.165) is 10.6 Å². The summed E-state index contributed by atoms with van der Waals surface area (Å²) in [5.74, 6) is -0.722. The molecule has 1 N–H and O–H groups in total. The highest BCUT2D eigenvalue weighted by atomic mass is 32.2. The SMILES string of the molecule is CSc1ccccc1NC(=O)COC(=O)C(C)(C)C. The Kier molecular flexibility index (Phi) is 5.42. The lowest BCUT2D eigenvalue weighted by Gasteiger charge is -2.16. The second kappa shape index (κ2) is 6.61. The van der Waals surface area contributed by atoms with Gasteiger partial charge in [0.1, 0.15) is 0 Å². The lowest BCUT2D eigenvalue weighted by atomic mass is 9.97. The summed E-state index contributed by atoms with van der Waals surface area (Å²) in [5, 5.41) is 2.73. The zero-order valence-corrected chi connectivity index (χ0v) is 12.5. The van der Waals surface area contributed by atoms with Crippen molar-refractivity contribution in [3.63, 3.8) is 0 Å². The molecule has 0 heterocycles. The van der Waals surface area contributed by atoms with Crippen molar-refractivity contribution in [1.29, 1.82) is 0 Å². The molecule has 0 atom stereocenters. The molecule has 104 valence electrons. The number of benzene rings is 1. The largest absolute Gasteiger partial charge is 0.455 e. The minimum Gasteiger partial charge on any atom is -0.455 e. The van der Waals surface area contributed by atoms with E-state index < -0.39 is 5.41 Å². The summed E-state index contributed by atoms with van der Waals surface area (Å²) in [4.78, 5) is 24.2. The minimum atomic E-state index is -0.600. The molecule has 0 aliphatic rings. The second-order valence-electron chi connectivity index (χ2n) is 5.07. The average molecular weight is 281 g/mol. The number of esters is 1. The van der Waals surface area contributed by atoms with E-state index in [1.165, 1.54) is 0 Å². The normalized spacial score (nSPS) is 10.9. The molecule has 0 unspecified atom stereocenters. The third-order valence-corrected chi connectivity index (χ3v) is 3.12. The van der Waals surface area contributed by atoms with Gasteiger partial charge in [-0.3, -0.25) is 9.59 Å². The Morgan fingerprint density at radius 2 is 1.89 bits per heavy atom. The van der Waals surface area contributed by atoms with Crippen molar-refractivity contribution in [2.45, 2.75) is 25.7 Å². The van der Waals surface area contributed by atoms with Crippen molar-refractivity contribution in [2.24, 2.45) is 5.41 Å². The Morgan fingerprint density at radius 1 is 1.26 bits per heavy atom. The van der Waals surface area contributed by atoms with Gasteiger partial charge in [0.15, 0.2) is 6.61 Å². The molecule has 1 aromatic carbocycles. The minimum absolute atomic E-state index is 0.265. The number of thioether (sulfide) groups is 1. The van der Waals surface area contributed by atoms with Crippen molar-refractivity contribution in [3.8, 4) is 0 Å². The number of ether oxygens (including phenoxy) is 1. The third-order valence-electron chi connectivity index (χ3n) is 2.33. The van der Waals surface area contributed by atoms with Gasteiger partial charge >= 0.3 is 5.97 Å². The molecule has 1 rings (SSSR count). The van der Waals surface area contributed by atoms with E-state index in [1.807, 2.05) is 30.5 Å². The molecule has 0 aliphatic heterocycles. The fourth-order valence-corrected chi connectivity index (χ4v) is 1.84. The first-order chi connectivity index (χ1) is 8.84. The van der Waals surface area contributed by atoms with E-state index in [9.17, 15) is 9.59 Å². The van der Waals surface area contributed by atoms with Gasteiger partial charge in [0.05, 0.1) is 11.1 Å². The van der Waals surface area contributed by atoms with Crippen molar-refractivity contribution >= 4 is 29.3 Å². The molecule has 0 spiro atoms. The fraction of sp³-hybridized carbons (Fsp3) is 0.429. The van der Waals surface area contributed by atoms with Crippen LogP contribution in [-0.4, -0.2) is 24.7 Å². The fourth-order valence-electron chi connectivity index (χ4n) is 1.28. The van der Waals surface area contributed by atoms with Gasteiger partial charge in [-0.15, -0.1) is 11.8 Å². The van der Waals surface area contributed by atoms with Gasteiger partial charge in [-0.25, -0.2) is 0 Å². The number of nitrogens with one attached hydrogen (secondary N) is 1. The molecular formula is C14H19NO3S. The molecular weight excluding hydrogens is 262 g/mol. The van der Waals surface area contributed by atoms with E-state index >= 15 is 0 Å². The molecule has 5 heteroatoms. The maximum Gasteiger partial charge on any atom is 0.311 e. The maximum absolute atomic E-state index is 11.7. The Labute approximate surface area is 117 Å². The number of para-hydroxylation sites is 1. The smallest absolute Gasteiger partial charge is 0.311 e. The van der Waals surface area contributed by atoms with Crippen LogP contribution in [0.25, 0.3) is 0 Å². The number of rotatable bonds is 4. The predicted octanol–water partition coefficient (Wildman–Crippen LogP) is 2.94. The van der Waals surface area contributed by atoms with E-state index in [1.54, 1.807) is 32.5 Å². The molecule has 0 bridgehead atoms. The summed E-state index contributed by atoms with van der Waals surface area (Å²) in [7, 11) is 0. The number of hydrogen-bond acceptors (Lipinski definition) is 4. The molecule has 1 aromatic rings. The van der Waals surface area contributed by atoms with Crippen LogP contribution in [0.4, 0.5) is 5.69 Å². The first kappa shape index (κ1) is 15.6. The first-order valence-electron chi connectivity index (χ1n) is 5.94. The van der Waals surface area contributed by atoms with E-state index in [4.69, 9.17) is 4.74 Å². The Hall–Kier alpha value is -1.49. The molecule has 0 fully saturated rings. The highest BCUT2D eigenvalue weighted by Gasteiger charge is 2.23. The number of anilines is 1. The quantitative estimate of drug-likeness (QED) is 0.681. The zero-order valence-electron chi connectivity index (χ0n) is 11.6. The lowest BCUT2D eigenvalue weighted by molar-refractivity contribution is -0.155. The van der Waals surface area contributed by atoms with Crippen molar-refractivity contribution in [1.82, 2.24) is 0 Å². The standard InChI is InChI=1S/C14H19NO3S/c1-14(2,3)13(17)18-9-12(16)15-10-7-5-6-8-11(10)19-4/h5-8H,9H2,1-4H3,(H,15,16). The summed E-state index contributed by atoms with van der Waals surface area (Å²) in [6.45, 7) is 4.97. The number of carbonyl (C=O) groups is 2. The van der Waals surface area contributed by atoms with E-state index in [2.05, 4.69) is 5.32 Å². The predicted molar refractivity (Wildman–Crippen MR) is 77.3 cm³/mol. The van der Waals surface area contributed by atoms with E-state index in [-0.39, 0.29) is 18.5 Å². The van der Waals surface area contributed by atoms with Crippen molar-refractivity contribution < 1.29 is 14.3 Å². The number of carbonyl (C=O) groups excluding carboxylic acids is 2. The lowest BCUT2D eigenvalue weighted by Crippen LogP contribution is -2.28. The van der Waals surface area contributed by atoms with Gasteiger partial charge < -0.3 is 10.1 Å². The van der Waals surface area contributed by atoms with Gasteiger partial charge in [-0.05, 0) is 39.2 Å². The Bertz CT molecular complexity index is 466. The first-order valence-corrected chi connectivity index (χ1v) is 7.17. The van der Waals surface area contributed by atoms with Gasteiger partial charge in [0.2, 0.25) is 0 Å². The van der Waals surface area contributed by atoms with Crippen LogP contribution in [0.15, 0.2) is 29.2 Å².